The second-order valence-electron chi connectivity index (χ2n) is 3.90. The van der Waals surface area contributed by atoms with E-state index in [2.05, 4.69) is 0 Å². The van der Waals surface area contributed by atoms with Gasteiger partial charge in [-0.15, -0.1) is 11.8 Å². The highest BCUT2D eigenvalue weighted by molar-refractivity contribution is 8.00. The summed E-state index contributed by atoms with van der Waals surface area (Å²) in [7, 11) is 0. The van der Waals surface area contributed by atoms with Gasteiger partial charge in [-0.25, -0.2) is 4.79 Å². The van der Waals surface area contributed by atoms with Crippen molar-refractivity contribution in [1.29, 1.82) is 0 Å². The van der Waals surface area contributed by atoms with Crippen molar-refractivity contribution in [2.75, 3.05) is 13.2 Å². The predicted molar refractivity (Wildman–Crippen MR) is 68.1 cm³/mol. The summed E-state index contributed by atoms with van der Waals surface area (Å²) in [4.78, 5) is 11.9. The Balaban J connectivity index is 2.10. The Kier molecular flexibility index (Phi) is 4.31. The SMILES string of the molecule is O=C(O)c1cc(SC2CCCOC2)ccc1Cl. The number of thioether (sulfide) groups is 1. The summed E-state index contributed by atoms with van der Waals surface area (Å²) in [5.74, 6) is -0.989. The Hall–Kier alpha value is -0.710. The third kappa shape index (κ3) is 3.37. The van der Waals surface area contributed by atoms with Gasteiger partial charge in [-0.3, -0.25) is 0 Å². The molecule has 17 heavy (non-hydrogen) atoms. The lowest BCUT2D eigenvalue weighted by atomic mass is 10.2. The monoisotopic (exact) mass is 272 g/mol. The summed E-state index contributed by atoms with van der Waals surface area (Å²) in [6.45, 7) is 1.56. The van der Waals surface area contributed by atoms with E-state index in [9.17, 15) is 4.79 Å². The normalized spacial score (nSPS) is 20.2. The lowest BCUT2D eigenvalue weighted by Crippen LogP contribution is -2.19. The Morgan fingerprint density at radius 1 is 1.53 bits per heavy atom. The second-order valence-corrected chi connectivity index (χ2v) is 5.68. The van der Waals surface area contributed by atoms with Crippen molar-refractivity contribution >= 4 is 29.3 Å². The van der Waals surface area contributed by atoms with Gasteiger partial charge in [0.05, 0.1) is 17.2 Å². The molecule has 1 aromatic carbocycles. The quantitative estimate of drug-likeness (QED) is 0.917. The van der Waals surface area contributed by atoms with E-state index < -0.39 is 5.97 Å². The molecule has 1 N–H and O–H groups in total. The van der Waals surface area contributed by atoms with Crippen LogP contribution in [0.2, 0.25) is 5.02 Å². The number of benzene rings is 1. The first-order valence-electron chi connectivity index (χ1n) is 5.44. The minimum absolute atomic E-state index is 0.161. The van der Waals surface area contributed by atoms with E-state index >= 15 is 0 Å². The molecule has 1 heterocycles. The average molecular weight is 273 g/mol. The molecule has 1 atom stereocenters. The minimum atomic E-state index is -0.989. The van der Waals surface area contributed by atoms with Crippen LogP contribution in [-0.4, -0.2) is 29.5 Å². The predicted octanol–water partition coefficient (Wildman–Crippen LogP) is 3.31. The number of carboxylic acid groups (broad SMARTS) is 1. The lowest BCUT2D eigenvalue weighted by Gasteiger charge is -2.21. The number of hydrogen-bond donors (Lipinski definition) is 1. The first-order valence-corrected chi connectivity index (χ1v) is 6.70. The van der Waals surface area contributed by atoms with Crippen molar-refractivity contribution in [2.45, 2.75) is 23.0 Å². The highest BCUT2D eigenvalue weighted by atomic mass is 35.5. The Labute approximate surface area is 109 Å². The second kappa shape index (κ2) is 5.76. The van der Waals surface area contributed by atoms with Gasteiger partial charge in [0.1, 0.15) is 0 Å². The van der Waals surface area contributed by atoms with E-state index in [1.54, 1.807) is 23.9 Å². The molecule has 1 saturated heterocycles. The zero-order valence-corrected chi connectivity index (χ0v) is 10.8. The van der Waals surface area contributed by atoms with Crippen molar-refractivity contribution < 1.29 is 14.6 Å². The summed E-state index contributed by atoms with van der Waals surface area (Å²) in [6.07, 6.45) is 2.17. The van der Waals surface area contributed by atoms with Crippen LogP contribution in [0.3, 0.4) is 0 Å². The molecule has 0 amide bonds. The summed E-state index contributed by atoms with van der Waals surface area (Å²) < 4.78 is 5.39. The number of carboxylic acids is 1. The molecule has 3 nitrogen and oxygen atoms in total. The van der Waals surface area contributed by atoms with E-state index in [1.807, 2.05) is 6.07 Å². The smallest absolute Gasteiger partial charge is 0.337 e. The molecule has 1 unspecified atom stereocenters. The molecular weight excluding hydrogens is 260 g/mol. The maximum atomic E-state index is 10.9. The molecule has 1 aromatic rings. The Morgan fingerprint density at radius 2 is 2.35 bits per heavy atom. The standard InChI is InChI=1S/C12H13ClO3S/c13-11-4-3-8(6-10(11)12(14)15)17-9-2-1-5-16-7-9/h3-4,6,9H,1-2,5,7H2,(H,14,15). The van der Waals surface area contributed by atoms with Crippen LogP contribution in [0.25, 0.3) is 0 Å². The molecule has 0 aromatic heterocycles. The van der Waals surface area contributed by atoms with Crippen LogP contribution in [-0.2, 0) is 4.74 Å². The first kappa shape index (κ1) is 12.7. The van der Waals surface area contributed by atoms with E-state index in [0.29, 0.717) is 5.25 Å². The van der Waals surface area contributed by atoms with Gasteiger partial charge in [0.2, 0.25) is 0 Å². The number of rotatable bonds is 3. The van der Waals surface area contributed by atoms with E-state index in [1.165, 1.54) is 0 Å². The molecule has 0 saturated carbocycles. The summed E-state index contributed by atoms with van der Waals surface area (Å²) >= 11 is 7.48. The molecule has 2 rings (SSSR count). The molecule has 1 aliphatic heterocycles. The topological polar surface area (TPSA) is 46.5 Å². The maximum absolute atomic E-state index is 10.9. The molecule has 92 valence electrons. The van der Waals surface area contributed by atoms with Crippen molar-refractivity contribution in [1.82, 2.24) is 0 Å². The van der Waals surface area contributed by atoms with Crippen LogP contribution in [0.15, 0.2) is 23.1 Å². The fourth-order valence-corrected chi connectivity index (χ4v) is 3.10. The fourth-order valence-electron chi connectivity index (χ4n) is 1.74. The van der Waals surface area contributed by atoms with Gasteiger partial charge < -0.3 is 9.84 Å². The van der Waals surface area contributed by atoms with Gasteiger partial charge in [-0.1, -0.05) is 11.6 Å². The molecule has 0 aliphatic carbocycles. The van der Waals surface area contributed by atoms with Gasteiger partial charge >= 0.3 is 5.97 Å². The van der Waals surface area contributed by atoms with Crippen LogP contribution in [0.5, 0.6) is 0 Å². The van der Waals surface area contributed by atoms with Crippen LogP contribution >= 0.6 is 23.4 Å². The number of halogens is 1. The number of ether oxygens (including phenoxy) is 1. The fraction of sp³-hybridized carbons (Fsp3) is 0.417. The van der Waals surface area contributed by atoms with Crippen molar-refractivity contribution in [3.63, 3.8) is 0 Å². The van der Waals surface area contributed by atoms with Gasteiger partial charge in [0, 0.05) is 16.8 Å². The molecule has 0 bridgehead atoms. The molecule has 1 fully saturated rings. The minimum Gasteiger partial charge on any atom is -0.478 e. The number of aromatic carboxylic acids is 1. The largest absolute Gasteiger partial charge is 0.478 e. The summed E-state index contributed by atoms with van der Waals surface area (Å²) in [5.41, 5.74) is 0.161. The number of carbonyl (C=O) groups is 1. The first-order chi connectivity index (χ1) is 8.16. The van der Waals surface area contributed by atoms with Gasteiger partial charge in [0.25, 0.3) is 0 Å². The van der Waals surface area contributed by atoms with Crippen LogP contribution in [0, 0.1) is 0 Å². The van der Waals surface area contributed by atoms with Gasteiger partial charge in [-0.2, -0.15) is 0 Å². The van der Waals surface area contributed by atoms with E-state index in [0.717, 1.165) is 31.0 Å². The van der Waals surface area contributed by atoms with Gasteiger partial charge in [-0.05, 0) is 31.0 Å². The summed E-state index contributed by atoms with van der Waals surface area (Å²) in [6, 6.07) is 5.12. The molecule has 1 aliphatic rings. The third-order valence-corrected chi connectivity index (χ3v) is 4.15. The van der Waals surface area contributed by atoms with E-state index in [4.69, 9.17) is 21.4 Å². The molecular formula is C12H13ClO3S. The Bertz CT molecular complexity index is 416. The zero-order valence-electron chi connectivity index (χ0n) is 9.19. The average Bonchev–Trinajstić information content (AvgIpc) is 2.32. The van der Waals surface area contributed by atoms with Crippen LogP contribution in [0.1, 0.15) is 23.2 Å². The molecule has 0 spiro atoms. The number of hydrogen-bond acceptors (Lipinski definition) is 3. The Morgan fingerprint density at radius 3 is 3.00 bits per heavy atom. The maximum Gasteiger partial charge on any atom is 0.337 e. The van der Waals surface area contributed by atoms with Crippen molar-refractivity contribution in [3.8, 4) is 0 Å². The molecule has 0 radical (unpaired) electrons. The van der Waals surface area contributed by atoms with Crippen molar-refractivity contribution in [3.05, 3.63) is 28.8 Å². The highest BCUT2D eigenvalue weighted by Crippen LogP contribution is 2.31. The van der Waals surface area contributed by atoms with E-state index in [-0.39, 0.29) is 10.6 Å². The lowest BCUT2D eigenvalue weighted by molar-refractivity contribution is 0.0697. The third-order valence-electron chi connectivity index (χ3n) is 2.59. The van der Waals surface area contributed by atoms with Crippen LogP contribution in [0.4, 0.5) is 0 Å². The van der Waals surface area contributed by atoms with Crippen molar-refractivity contribution in [2.24, 2.45) is 0 Å². The molecule has 5 heteroatoms. The highest BCUT2D eigenvalue weighted by Gasteiger charge is 2.16. The summed E-state index contributed by atoms with van der Waals surface area (Å²) in [5, 5.41) is 9.67. The van der Waals surface area contributed by atoms with Gasteiger partial charge in [0.15, 0.2) is 0 Å². The zero-order chi connectivity index (χ0) is 12.3. The van der Waals surface area contributed by atoms with Crippen LogP contribution < -0.4 is 0 Å².